The van der Waals surface area contributed by atoms with Crippen LogP contribution in [0.3, 0.4) is 0 Å². The fraction of sp³-hybridized carbons (Fsp3) is 0.321. The standard InChI is InChI=1S/C28H34N6O6S/c29-19(12-16-6-2-1-3-7-16)25(36)32-21(10-11-24(30)35)26(37)34-23(15-41)27(38)33-22(28(39)40)13-17-14-31-20-9-5-4-8-18(17)20/h1-9,14,19,21-23,31,41H,10-13,15,29H2,(H2,30,35)(H,32,36)(H,33,38)(H,34,37)(H,39,40). The third-order valence-electron chi connectivity index (χ3n) is 6.48. The minimum absolute atomic E-state index is 0.00504. The van der Waals surface area contributed by atoms with E-state index in [1.165, 1.54) is 0 Å². The predicted octanol–water partition coefficient (Wildman–Crippen LogP) is 0.0147. The summed E-state index contributed by atoms with van der Waals surface area (Å²) in [7, 11) is 0. The van der Waals surface area contributed by atoms with E-state index in [1.54, 1.807) is 18.3 Å². The van der Waals surface area contributed by atoms with Crippen molar-refractivity contribution in [2.45, 2.75) is 49.9 Å². The molecule has 13 heteroatoms. The molecule has 0 radical (unpaired) electrons. The molecule has 0 saturated carbocycles. The van der Waals surface area contributed by atoms with Gasteiger partial charge in [-0.15, -0.1) is 0 Å². The number of thiol groups is 1. The molecule has 41 heavy (non-hydrogen) atoms. The van der Waals surface area contributed by atoms with E-state index in [-0.39, 0.29) is 31.4 Å². The van der Waals surface area contributed by atoms with Crippen molar-refractivity contribution in [3.05, 3.63) is 71.9 Å². The van der Waals surface area contributed by atoms with Crippen molar-refractivity contribution >= 4 is 53.1 Å². The number of carbonyl (C=O) groups is 5. The summed E-state index contributed by atoms with van der Waals surface area (Å²) in [5.41, 5.74) is 13.6. The first kappa shape index (κ1) is 31.2. The first-order chi connectivity index (χ1) is 19.6. The van der Waals surface area contributed by atoms with Crippen molar-refractivity contribution in [3.63, 3.8) is 0 Å². The van der Waals surface area contributed by atoms with Gasteiger partial charge in [0.2, 0.25) is 23.6 Å². The first-order valence-electron chi connectivity index (χ1n) is 13.0. The van der Waals surface area contributed by atoms with E-state index in [0.717, 1.165) is 16.5 Å². The lowest BCUT2D eigenvalue weighted by Crippen LogP contribution is -2.58. The molecule has 3 aromatic rings. The first-order valence-corrected chi connectivity index (χ1v) is 13.6. The maximum Gasteiger partial charge on any atom is 0.326 e. The number of carboxylic acid groups (broad SMARTS) is 1. The topological polar surface area (TPSA) is 209 Å². The van der Waals surface area contributed by atoms with Crippen LogP contribution in [0.4, 0.5) is 0 Å². The van der Waals surface area contributed by atoms with Gasteiger partial charge in [-0.1, -0.05) is 48.5 Å². The number of aliphatic carboxylic acids is 1. The van der Waals surface area contributed by atoms with Crippen LogP contribution in [0.2, 0.25) is 0 Å². The predicted molar refractivity (Wildman–Crippen MR) is 156 cm³/mol. The Morgan fingerprint density at radius 3 is 2.10 bits per heavy atom. The molecule has 218 valence electrons. The highest BCUT2D eigenvalue weighted by atomic mass is 32.1. The molecule has 0 fully saturated rings. The smallest absolute Gasteiger partial charge is 0.326 e. The summed E-state index contributed by atoms with van der Waals surface area (Å²) in [6.07, 6.45) is 1.54. The van der Waals surface area contributed by atoms with Crippen molar-refractivity contribution in [1.29, 1.82) is 0 Å². The Morgan fingerprint density at radius 2 is 1.44 bits per heavy atom. The summed E-state index contributed by atoms with van der Waals surface area (Å²) in [6, 6.07) is 11.7. The van der Waals surface area contributed by atoms with Crippen molar-refractivity contribution < 1.29 is 29.1 Å². The Balaban J connectivity index is 1.66. The van der Waals surface area contributed by atoms with Crippen LogP contribution in [0, 0.1) is 0 Å². The molecule has 2 aromatic carbocycles. The third kappa shape index (κ3) is 9.08. The van der Waals surface area contributed by atoms with E-state index in [1.807, 2.05) is 42.5 Å². The molecule has 0 aliphatic rings. The second-order valence-electron chi connectivity index (χ2n) is 9.57. The average Bonchev–Trinajstić information content (AvgIpc) is 3.36. The highest BCUT2D eigenvalue weighted by molar-refractivity contribution is 7.80. The summed E-state index contributed by atoms with van der Waals surface area (Å²) < 4.78 is 0. The molecule has 1 heterocycles. The van der Waals surface area contributed by atoms with Crippen LogP contribution < -0.4 is 27.4 Å². The number of aromatic nitrogens is 1. The maximum atomic E-state index is 13.1. The number of para-hydroxylation sites is 1. The quantitative estimate of drug-likeness (QED) is 0.115. The number of amides is 4. The molecular weight excluding hydrogens is 548 g/mol. The number of aromatic amines is 1. The van der Waals surface area contributed by atoms with Crippen LogP contribution in [0.15, 0.2) is 60.8 Å². The van der Waals surface area contributed by atoms with E-state index < -0.39 is 53.8 Å². The number of carboxylic acids is 1. The van der Waals surface area contributed by atoms with Crippen molar-refractivity contribution in [1.82, 2.24) is 20.9 Å². The van der Waals surface area contributed by atoms with Gasteiger partial charge in [0, 0.05) is 35.7 Å². The van der Waals surface area contributed by atoms with Gasteiger partial charge in [-0.2, -0.15) is 12.6 Å². The lowest BCUT2D eigenvalue weighted by Gasteiger charge is -2.24. The molecular formula is C28H34N6O6S. The monoisotopic (exact) mass is 582 g/mol. The van der Waals surface area contributed by atoms with Gasteiger partial charge >= 0.3 is 5.97 Å². The summed E-state index contributed by atoms with van der Waals surface area (Å²) >= 11 is 4.14. The molecule has 12 nitrogen and oxygen atoms in total. The van der Waals surface area contributed by atoms with E-state index in [4.69, 9.17) is 11.5 Å². The Kier molecular flexibility index (Phi) is 11.3. The van der Waals surface area contributed by atoms with Gasteiger partial charge < -0.3 is 37.5 Å². The molecule has 4 amide bonds. The molecule has 9 N–H and O–H groups in total. The molecule has 0 bridgehead atoms. The van der Waals surface area contributed by atoms with Gasteiger partial charge in [-0.05, 0) is 30.0 Å². The Labute approximate surface area is 242 Å². The zero-order chi connectivity index (χ0) is 29.9. The molecule has 0 aliphatic heterocycles. The number of hydrogen-bond acceptors (Lipinski definition) is 7. The van der Waals surface area contributed by atoms with Crippen molar-refractivity contribution in [2.75, 3.05) is 5.75 Å². The molecule has 0 spiro atoms. The molecule has 4 atom stereocenters. The number of H-pyrrole nitrogens is 1. The lowest BCUT2D eigenvalue weighted by atomic mass is 10.0. The van der Waals surface area contributed by atoms with E-state index >= 15 is 0 Å². The number of nitrogens with two attached hydrogens (primary N) is 2. The minimum Gasteiger partial charge on any atom is -0.480 e. The lowest BCUT2D eigenvalue weighted by molar-refractivity contribution is -0.142. The Bertz CT molecular complexity index is 1380. The fourth-order valence-electron chi connectivity index (χ4n) is 4.25. The number of nitrogens with one attached hydrogen (secondary N) is 4. The summed E-state index contributed by atoms with van der Waals surface area (Å²) in [5.74, 6) is -4.29. The molecule has 0 saturated heterocycles. The number of fused-ring (bicyclic) bond motifs is 1. The molecule has 1 aromatic heterocycles. The number of benzene rings is 2. The van der Waals surface area contributed by atoms with Crippen molar-refractivity contribution in [3.8, 4) is 0 Å². The number of rotatable bonds is 15. The fourth-order valence-corrected chi connectivity index (χ4v) is 4.51. The van der Waals surface area contributed by atoms with Crippen LogP contribution in [0.25, 0.3) is 10.9 Å². The van der Waals surface area contributed by atoms with E-state index in [2.05, 4.69) is 33.6 Å². The van der Waals surface area contributed by atoms with E-state index in [0.29, 0.717) is 5.56 Å². The van der Waals surface area contributed by atoms with Crippen molar-refractivity contribution in [2.24, 2.45) is 11.5 Å². The SMILES string of the molecule is NC(=O)CCC(NC(=O)C(N)Cc1ccccc1)C(=O)NC(CS)C(=O)NC(Cc1c[nH]c2ccccc12)C(=O)O. The number of hydrogen-bond donors (Lipinski definition) is 8. The highest BCUT2D eigenvalue weighted by Gasteiger charge is 2.30. The highest BCUT2D eigenvalue weighted by Crippen LogP contribution is 2.19. The van der Waals surface area contributed by atoms with Crippen LogP contribution in [0.1, 0.15) is 24.0 Å². The molecule has 4 unspecified atom stereocenters. The van der Waals surface area contributed by atoms with Gasteiger partial charge in [0.15, 0.2) is 0 Å². The van der Waals surface area contributed by atoms with Crippen LogP contribution in [0.5, 0.6) is 0 Å². The number of carbonyl (C=O) groups excluding carboxylic acids is 4. The van der Waals surface area contributed by atoms with Gasteiger partial charge in [-0.3, -0.25) is 19.2 Å². The summed E-state index contributed by atoms with van der Waals surface area (Å²) in [6.45, 7) is 0. The van der Waals surface area contributed by atoms with Gasteiger partial charge in [0.05, 0.1) is 6.04 Å². The van der Waals surface area contributed by atoms with Gasteiger partial charge in [-0.25, -0.2) is 4.79 Å². The summed E-state index contributed by atoms with van der Waals surface area (Å²) in [4.78, 5) is 65.3. The molecule has 3 rings (SSSR count). The van der Waals surface area contributed by atoms with E-state index in [9.17, 15) is 29.1 Å². The second kappa shape index (κ2) is 14.9. The molecule has 0 aliphatic carbocycles. The Hall–Kier alpha value is -4.36. The average molecular weight is 583 g/mol. The third-order valence-corrected chi connectivity index (χ3v) is 6.84. The van der Waals surface area contributed by atoms with Crippen LogP contribution in [-0.2, 0) is 36.8 Å². The van der Waals surface area contributed by atoms with Crippen LogP contribution >= 0.6 is 12.6 Å². The second-order valence-corrected chi connectivity index (χ2v) is 9.93. The summed E-state index contributed by atoms with van der Waals surface area (Å²) in [5, 5.41) is 18.1. The van der Waals surface area contributed by atoms with Gasteiger partial charge in [0.25, 0.3) is 0 Å². The van der Waals surface area contributed by atoms with Gasteiger partial charge in [0.1, 0.15) is 18.1 Å². The number of primary amides is 1. The maximum absolute atomic E-state index is 13.1. The zero-order valence-electron chi connectivity index (χ0n) is 22.2. The largest absolute Gasteiger partial charge is 0.480 e. The van der Waals surface area contributed by atoms with Crippen LogP contribution in [-0.4, -0.2) is 69.6 Å². The Morgan fingerprint density at radius 1 is 0.829 bits per heavy atom. The zero-order valence-corrected chi connectivity index (χ0v) is 23.1. The minimum atomic E-state index is -1.29. The normalized spacial score (nSPS) is 13.9.